The smallest absolute Gasteiger partial charge is 0.251 e. The van der Waals surface area contributed by atoms with Gasteiger partial charge in [0.15, 0.2) is 11.5 Å². The van der Waals surface area contributed by atoms with Crippen LogP contribution in [0.1, 0.15) is 23.2 Å². The van der Waals surface area contributed by atoms with E-state index in [1.54, 1.807) is 12.1 Å². The van der Waals surface area contributed by atoms with Gasteiger partial charge in [0.1, 0.15) is 12.7 Å². The van der Waals surface area contributed by atoms with Crippen LogP contribution in [0, 0.1) is 0 Å². The molecule has 1 aliphatic heterocycles. The Balaban J connectivity index is 1.31. The van der Waals surface area contributed by atoms with E-state index in [-0.39, 0.29) is 17.9 Å². The summed E-state index contributed by atoms with van der Waals surface area (Å²) in [6, 6.07) is 16.5. The van der Waals surface area contributed by atoms with Crippen molar-refractivity contribution in [2.75, 3.05) is 19.7 Å². The van der Waals surface area contributed by atoms with E-state index in [9.17, 15) is 9.59 Å². The van der Waals surface area contributed by atoms with Gasteiger partial charge in [0.25, 0.3) is 5.91 Å². The van der Waals surface area contributed by atoms with Crippen LogP contribution in [-0.2, 0) is 4.79 Å². The first-order valence-electron chi connectivity index (χ1n) is 8.71. The Morgan fingerprint density at radius 3 is 2.50 bits per heavy atom. The summed E-state index contributed by atoms with van der Waals surface area (Å²) in [5.41, 5.74) is 0.617. The van der Waals surface area contributed by atoms with Crippen LogP contribution < -0.4 is 20.1 Å². The molecule has 0 spiro atoms. The third-order valence-electron chi connectivity index (χ3n) is 4.00. The van der Waals surface area contributed by atoms with E-state index < -0.39 is 0 Å². The van der Waals surface area contributed by atoms with Crippen LogP contribution in [0.2, 0.25) is 0 Å². The van der Waals surface area contributed by atoms with Gasteiger partial charge in [0.05, 0.1) is 6.54 Å². The molecule has 2 aromatic rings. The summed E-state index contributed by atoms with van der Waals surface area (Å²) in [6.45, 7) is 1.26. The van der Waals surface area contributed by atoms with Gasteiger partial charge >= 0.3 is 0 Å². The van der Waals surface area contributed by atoms with E-state index in [4.69, 9.17) is 9.47 Å². The molecule has 0 aromatic heterocycles. The van der Waals surface area contributed by atoms with E-state index in [1.807, 2.05) is 42.5 Å². The molecule has 2 N–H and O–H groups in total. The molecule has 0 bridgehead atoms. The van der Waals surface area contributed by atoms with Crippen molar-refractivity contribution in [2.45, 2.75) is 18.9 Å². The summed E-state index contributed by atoms with van der Waals surface area (Å²) in [7, 11) is 0. The van der Waals surface area contributed by atoms with Crippen molar-refractivity contribution in [3.8, 4) is 11.5 Å². The molecule has 6 nitrogen and oxygen atoms in total. The molecule has 2 amide bonds. The Bertz CT molecular complexity index is 748. The zero-order chi connectivity index (χ0) is 18.2. The van der Waals surface area contributed by atoms with Crippen molar-refractivity contribution in [3.05, 3.63) is 60.2 Å². The summed E-state index contributed by atoms with van der Waals surface area (Å²) in [5, 5.41) is 5.65. The van der Waals surface area contributed by atoms with Gasteiger partial charge in [-0.05, 0) is 30.7 Å². The second kappa shape index (κ2) is 8.89. The fourth-order valence-corrected chi connectivity index (χ4v) is 2.62. The molecule has 3 rings (SSSR count). The molecular formula is C20H22N2O4. The van der Waals surface area contributed by atoms with Crippen molar-refractivity contribution >= 4 is 11.8 Å². The average molecular weight is 354 g/mol. The Morgan fingerprint density at radius 1 is 0.962 bits per heavy atom. The second-order valence-electron chi connectivity index (χ2n) is 6.03. The standard InChI is InChI=1S/C20H22N2O4/c23-19(11-6-12-21-20(24)15-7-2-1-3-8-15)22-13-16-14-25-17-9-4-5-10-18(17)26-16/h1-5,7-10,16H,6,11-14H2,(H,21,24)(H,22,23). The summed E-state index contributed by atoms with van der Waals surface area (Å²) in [4.78, 5) is 23.8. The first kappa shape index (κ1) is 17.8. The molecule has 136 valence electrons. The highest BCUT2D eigenvalue weighted by Gasteiger charge is 2.20. The van der Waals surface area contributed by atoms with Gasteiger partial charge in [-0.1, -0.05) is 30.3 Å². The molecule has 1 heterocycles. The van der Waals surface area contributed by atoms with Crippen LogP contribution in [0.25, 0.3) is 0 Å². The summed E-state index contributed by atoms with van der Waals surface area (Å²) in [5.74, 6) is 1.23. The molecule has 0 saturated heterocycles. The topological polar surface area (TPSA) is 76.7 Å². The molecular weight excluding hydrogens is 332 g/mol. The Labute approximate surface area is 152 Å². The number of fused-ring (bicyclic) bond motifs is 1. The Hall–Kier alpha value is -3.02. The number of ether oxygens (including phenoxy) is 2. The predicted octanol–water partition coefficient (Wildman–Crippen LogP) is 2.15. The van der Waals surface area contributed by atoms with Crippen LogP contribution in [0.5, 0.6) is 11.5 Å². The highest BCUT2D eigenvalue weighted by Crippen LogP contribution is 2.30. The Kier molecular flexibility index (Phi) is 6.09. The summed E-state index contributed by atoms with van der Waals surface area (Å²) in [6.07, 6.45) is 0.723. The molecule has 6 heteroatoms. The SMILES string of the molecule is O=C(CCCNC(=O)c1ccccc1)NCC1COc2ccccc2O1. The number of hydrogen-bond donors (Lipinski definition) is 2. The van der Waals surface area contributed by atoms with Gasteiger partial charge in [-0.3, -0.25) is 9.59 Å². The molecule has 0 fully saturated rings. The van der Waals surface area contributed by atoms with Crippen LogP contribution in [0.15, 0.2) is 54.6 Å². The molecule has 0 radical (unpaired) electrons. The third-order valence-corrected chi connectivity index (χ3v) is 4.00. The molecule has 2 aromatic carbocycles. The fourth-order valence-electron chi connectivity index (χ4n) is 2.62. The van der Waals surface area contributed by atoms with Crippen molar-refractivity contribution in [2.24, 2.45) is 0 Å². The minimum Gasteiger partial charge on any atom is -0.486 e. The summed E-state index contributed by atoms with van der Waals surface area (Å²) >= 11 is 0. The number of para-hydroxylation sites is 2. The maximum Gasteiger partial charge on any atom is 0.251 e. The van der Waals surface area contributed by atoms with Crippen molar-refractivity contribution in [1.82, 2.24) is 10.6 Å². The van der Waals surface area contributed by atoms with E-state index in [0.717, 1.165) is 5.75 Å². The number of rotatable bonds is 7. The minimum absolute atomic E-state index is 0.0681. The lowest BCUT2D eigenvalue weighted by atomic mass is 10.2. The number of hydrogen-bond acceptors (Lipinski definition) is 4. The van der Waals surface area contributed by atoms with Crippen LogP contribution in [-0.4, -0.2) is 37.6 Å². The maximum atomic E-state index is 11.9. The van der Waals surface area contributed by atoms with Gasteiger partial charge < -0.3 is 20.1 Å². The van der Waals surface area contributed by atoms with Gasteiger partial charge in [-0.2, -0.15) is 0 Å². The second-order valence-corrected chi connectivity index (χ2v) is 6.03. The van der Waals surface area contributed by atoms with Gasteiger partial charge in [0, 0.05) is 18.5 Å². The van der Waals surface area contributed by atoms with E-state index in [1.165, 1.54) is 0 Å². The summed E-state index contributed by atoms with van der Waals surface area (Å²) < 4.78 is 11.4. The molecule has 1 aliphatic rings. The number of benzene rings is 2. The zero-order valence-corrected chi connectivity index (χ0v) is 14.4. The average Bonchev–Trinajstić information content (AvgIpc) is 2.70. The van der Waals surface area contributed by atoms with Crippen molar-refractivity contribution in [3.63, 3.8) is 0 Å². The molecule has 0 saturated carbocycles. The first-order chi connectivity index (χ1) is 12.7. The predicted molar refractivity (Wildman–Crippen MR) is 97.4 cm³/mol. The zero-order valence-electron chi connectivity index (χ0n) is 14.4. The monoisotopic (exact) mass is 354 g/mol. The van der Waals surface area contributed by atoms with Crippen LogP contribution in [0.3, 0.4) is 0 Å². The number of nitrogens with one attached hydrogen (secondary N) is 2. The van der Waals surface area contributed by atoms with Gasteiger partial charge in [-0.25, -0.2) is 0 Å². The lowest BCUT2D eigenvalue weighted by Gasteiger charge is -2.26. The molecule has 26 heavy (non-hydrogen) atoms. The van der Waals surface area contributed by atoms with Gasteiger partial charge in [-0.15, -0.1) is 0 Å². The number of carbonyl (C=O) groups is 2. The minimum atomic E-state index is -0.202. The molecule has 1 atom stereocenters. The quantitative estimate of drug-likeness (QED) is 0.747. The largest absolute Gasteiger partial charge is 0.486 e. The highest BCUT2D eigenvalue weighted by atomic mass is 16.6. The molecule has 1 unspecified atom stereocenters. The van der Waals surface area contributed by atoms with Crippen molar-refractivity contribution in [1.29, 1.82) is 0 Å². The lowest BCUT2D eigenvalue weighted by molar-refractivity contribution is -0.121. The number of carbonyl (C=O) groups excluding carboxylic acids is 2. The maximum absolute atomic E-state index is 11.9. The van der Waals surface area contributed by atoms with Crippen LogP contribution in [0.4, 0.5) is 0 Å². The van der Waals surface area contributed by atoms with Crippen LogP contribution >= 0.6 is 0 Å². The molecule has 0 aliphatic carbocycles. The van der Waals surface area contributed by atoms with Crippen molar-refractivity contribution < 1.29 is 19.1 Å². The first-order valence-corrected chi connectivity index (χ1v) is 8.71. The van der Waals surface area contributed by atoms with E-state index >= 15 is 0 Å². The lowest BCUT2D eigenvalue weighted by Crippen LogP contribution is -2.40. The fraction of sp³-hybridized carbons (Fsp3) is 0.300. The van der Waals surface area contributed by atoms with E-state index in [0.29, 0.717) is 43.9 Å². The number of amides is 2. The van der Waals surface area contributed by atoms with E-state index in [2.05, 4.69) is 10.6 Å². The highest BCUT2D eigenvalue weighted by molar-refractivity contribution is 5.94. The van der Waals surface area contributed by atoms with Gasteiger partial charge in [0.2, 0.25) is 5.91 Å². The Morgan fingerprint density at radius 2 is 1.69 bits per heavy atom. The normalized spacial score (nSPS) is 15.2. The third kappa shape index (κ3) is 4.99.